The maximum atomic E-state index is 11.0. The second-order valence-electron chi connectivity index (χ2n) is 3.43. The van der Waals surface area contributed by atoms with E-state index in [0.717, 1.165) is 12.5 Å². The molecule has 0 saturated carbocycles. The molecule has 6 heteroatoms. The third-order valence-electron chi connectivity index (χ3n) is 1.84. The lowest BCUT2D eigenvalue weighted by atomic mass is 10.4. The van der Waals surface area contributed by atoms with Crippen molar-refractivity contribution in [2.75, 3.05) is 6.61 Å². The van der Waals surface area contributed by atoms with Gasteiger partial charge in [0.2, 0.25) is 14.8 Å². The molecule has 0 saturated heterocycles. The summed E-state index contributed by atoms with van der Waals surface area (Å²) in [6.45, 7) is 8.94. The Labute approximate surface area is 103 Å². The topological polar surface area (TPSA) is 61.8 Å². The number of rotatable bonds is 9. The van der Waals surface area contributed by atoms with E-state index < -0.39 is 17.8 Å². The second-order valence-corrected chi connectivity index (χ2v) is 4.43. The van der Waals surface area contributed by atoms with Gasteiger partial charge in [-0.05, 0) is 6.42 Å². The van der Waals surface area contributed by atoms with Gasteiger partial charge in [-0.15, -0.1) is 0 Å². The summed E-state index contributed by atoms with van der Waals surface area (Å²) in [5, 5.41) is 0. The Morgan fingerprint density at radius 3 is 2.59 bits per heavy atom. The van der Waals surface area contributed by atoms with Crippen LogP contribution in [-0.4, -0.2) is 24.4 Å². The highest BCUT2D eigenvalue weighted by atomic mass is 31.1. The lowest BCUT2D eigenvalue weighted by Crippen LogP contribution is -2.33. The largest absolute Gasteiger partial charge is 0.432 e. The summed E-state index contributed by atoms with van der Waals surface area (Å²) in [6.07, 6.45) is 1.45. The average Bonchev–Trinajstić information content (AvgIpc) is 2.35. The zero-order valence-electron chi connectivity index (χ0n) is 10.5. The summed E-state index contributed by atoms with van der Waals surface area (Å²) in [7, 11) is -0.314. The van der Waals surface area contributed by atoms with Gasteiger partial charge in [-0.3, -0.25) is 9.30 Å². The molecule has 0 aliphatic carbocycles. The first kappa shape index (κ1) is 16.2. The van der Waals surface area contributed by atoms with Gasteiger partial charge in [0.1, 0.15) is 0 Å². The van der Waals surface area contributed by atoms with Crippen molar-refractivity contribution in [2.45, 2.75) is 45.4 Å². The van der Waals surface area contributed by atoms with Crippen LogP contribution < -0.4 is 0 Å². The van der Waals surface area contributed by atoms with Crippen molar-refractivity contribution >= 4 is 14.4 Å². The Kier molecular flexibility index (Phi) is 7.96. The second kappa shape index (κ2) is 8.34. The summed E-state index contributed by atoms with van der Waals surface area (Å²) in [6, 6.07) is 0. The fraction of sp³-hybridized carbons (Fsp3) is 0.727. The first-order chi connectivity index (χ1) is 8.01. The van der Waals surface area contributed by atoms with Gasteiger partial charge in [-0.25, -0.2) is 4.79 Å². The van der Waals surface area contributed by atoms with Crippen LogP contribution in [-0.2, 0) is 23.6 Å². The third kappa shape index (κ3) is 6.51. The molecule has 0 rings (SSSR count). The highest BCUT2D eigenvalue weighted by Gasteiger charge is 2.31. The molecule has 0 heterocycles. The van der Waals surface area contributed by atoms with Gasteiger partial charge in [0, 0.05) is 19.4 Å². The molecule has 0 fully saturated rings. The molecule has 0 aromatic rings. The van der Waals surface area contributed by atoms with Gasteiger partial charge in [0.15, 0.2) is 0 Å². The molecular weight excluding hydrogens is 243 g/mol. The molecule has 5 nitrogen and oxygen atoms in total. The first-order valence-electron chi connectivity index (χ1n) is 5.50. The Hall–Kier alpha value is -0.770. The minimum Gasteiger partial charge on any atom is -0.432 e. The molecule has 98 valence electrons. The smallest absolute Gasteiger partial charge is 0.332 e. The lowest BCUT2D eigenvalue weighted by molar-refractivity contribution is -0.252. The van der Waals surface area contributed by atoms with Crippen LogP contribution in [0.25, 0.3) is 0 Å². The molecule has 2 unspecified atom stereocenters. The van der Waals surface area contributed by atoms with Gasteiger partial charge in [-0.1, -0.05) is 20.4 Å². The quantitative estimate of drug-likeness (QED) is 0.277. The SMILES string of the molecule is C=CC(=O)OC(CC)OC(C)(OCCC)P=O. The van der Waals surface area contributed by atoms with E-state index in [4.69, 9.17) is 14.2 Å². The van der Waals surface area contributed by atoms with Crippen molar-refractivity contribution < 1.29 is 23.6 Å². The van der Waals surface area contributed by atoms with E-state index >= 15 is 0 Å². The van der Waals surface area contributed by atoms with Crippen LogP contribution >= 0.6 is 8.46 Å². The van der Waals surface area contributed by atoms with Gasteiger partial charge in [0.05, 0.1) is 6.61 Å². The molecule has 0 spiro atoms. The number of hydrogen-bond donors (Lipinski definition) is 0. The molecule has 0 bridgehead atoms. The molecular formula is C11H19O5P. The summed E-state index contributed by atoms with van der Waals surface area (Å²) >= 11 is 0. The fourth-order valence-corrected chi connectivity index (χ4v) is 1.29. The van der Waals surface area contributed by atoms with Gasteiger partial charge in [-0.2, -0.15) is 0 Å². The average molecular weight is 262 g/mol. The molecule has 0 aliphatic heterocycles. The maximum Gasteiger partial charge on any atom is 0.332 e. The lowest BCUT2D eigenvalue weighted by Gasteiger charge is -2.27. The molecule has 0 N–H and O–H groups in total. The zero-order valence-corrected chi connectivity index (χ0v) is 11.4. The van der Waals surface area contributed by atoms with Crippen molar-refractivity contribution in [3.8, 4) is 0 Å². The van der Waals surface area contributed by atoms with Crippen LogP contribution in [0.5, 0.6) is 0 Å². The number of hydrogen-bond acceptors (Lipinski definition) is 5. The minimum atomic E-state index is -1.29. The maximum absolute atomic E-state index is 11.0. The Morgan fingerprint density at radius 2 is 2.18 bits per heavy atom. The van der Waals surface area contributed by atoms with Crippen LogP contribution in [0.1, 0.15) is 33.6 Å². The summed E-state index contributed by atoms with van der Waals surface area (Å²) in [5.74, 6) is -0.586. The van der Waals surface area contributed by atoms with Gasteiger partial charge >= 0.3 is 5.97 Å². The van der Waals surface area contributed by atoms with E-state index in [-0.39, 0.29) is 8.46 Å². The van der Waals surface area contributed by atoms with Crippen LogP contribution in [0.2, 0.25) is 0 Å². The van der Waals surface area contributed by atoms with E-state index in [0.29, 0.717) is 13.0 Å². The highest BCUT2D eigenvalue weighted by molar-refractivity contribution is 7.25. The molecule has 17 heavy (non-hydrogen) atoms. The summed E-state index contributed by atoms with van der Waals surface area (Å²) in [4.78, 5) is 11.0. The van der Waals surface area contributed by atoms with Crippen molar-refractivity contribution in [2.24, 2.45) is 0 Å². The Morgan fingerprint density at radius 1 is 1.53 bits per heavy atom. The minimum absolute atomic E-state index is 0.314. The molecule has 2 atom stereocenters. The van der Waals surface area contributed by atoms with E-state index in [1.807, 2.05) is 6.92 Å². The predicted octanol–water partition coefficient (Wildman–Crippen LogP) is 2.86. The molecule has 0 aromatic heterocycles. The van der Waals surface area contributed by atoms with E-state index in [2.05, 4.69) is 6.58 Å². The number of ether oxygens (including phenoxy) is 3. The Bertz CT molecular complexity index is 269. The number of carbonyl (C=O) groups excluding carboxylic acids is 1. The summed E-state index contributed by atoms with van der Waals surface area (Å²) in [5.41, 5.74) is -1.29. The van der Waals surface area contributed by atoms with Gasteiger partial charge in [0.25, 0.3) is 5.53 Å². The van der Waals surface area contributed by atoms with Gasteiger partial charge < -0.3 is 9.47 Å². The molecule has 0 radical (unpaired) electrons. The van der Waals surface area contributed by atoms with Crippen molar-refractivity contribution in [1.82, 2.24) is 0 Å². The van der Waals surface area contributed by atoms with E-state index in [1.165, 1.54) is 6.92 Å². The van der Waals surface area contributed by atoms with Crippen LogP contribution in [0.15, 0.2) is 12.7 Å². The predicted molar refractivity (Wildman–Crippen MR) is 63.7 cm³/mol. The normalized spacial score (nSPS) is 16.2. The number of esters is 1. The van der Waals surface area contributed by atoms with Crippen molar-refractivity contribution in [1.29, 1.82) is 0 Å². The van der Waals surface area contributed by atoms with Crippen LogP contribution in [0, 0.1) is 0 Å². The first-order valence-corrected chi connectivity index (χ1v) is 6.31. The zero-order chi connectivity index (χ0) is 13.3. The van der Waals surface area contributed by atoms with E-state index in [9.17, 15) is 9.36 Å². The molecule has 0 amide bonds. The van der Waals surface area contributed by atoms with Crippen molar-refractivity contribution in [3.63, 3.8) is 0 Å². The van der Waals surface area contributed by atoms with Crippen LogP contribution in [0.3, 0.4) is 0 Å². The monoisotopic (exact) mass is 262 g/mol. The molecule has 0 aliphatic rings. The van der Waals surface area contributed by atoms with Crippen LogP contribution in [0.4, 0.5) is 0 Å². The Balaban J connectivity index is 4.43. The highest BCUT2D eigenvalue weighted by Crippen LogP contribution is 2.28. The molecule has 0 aromatic carbocycles. The number of carbonyl (C=O) groups is 1. The third-order valence-corrected chi connectivity index (χ3v) is 2.40. The van der Waals surface area contributed by atoms with E-state index in [1.54, 1.807) is 6.92 Å². The van der Waals surface area contributed by atoms with Crippen molar-refractivity contribution in [3.05, 3.63) is 12.7 Å². The fourth-order valence-electron chi connectivity index (χ4n) is 0.986. The summed E-state index contributed by atoms with van der Waals surface area (Å²) < 4.78 is 26.6. The standard InChI is InChI=1S/C11H19O5P/c1-5-8-14-11(4,17-13)16-10(7-3)15-9(12)6-2/h6,10H,2,5,7-8H2,1,3-4H3.